The zero-order valence-electron chi connectivity index (χ0n) is 15.2. The van der Waals surface area contributed by atoms with Crippen LogP contribution in [0.4, 0.5) is 5.82 Å². The number of amides is 1. The van der Waals surface area contributed by atoms with Gasteiger partial charge in [-0.25, -0.2) is 4.98 Å². The van der Waals surface area contributed by atoms with Gasteiger partial charge in [0.15, 0.2) is 0 Å². The number of fused-ring (bicyclic) bond motifs is 2. The monoisotopic (exact) mass is 327 g/mol. The van der Waals surface area contributed by atoms with Gasteiger partial charge >= 0.3 is 0 Å². The Morgan fingerprint density at radius 1 is 1.21 bits per heavy atom. The molecular weight excluding hydrogens is 298 g/mol. The molecule has 3 fully saturated rings. The van der Waals surface area contributed by atoms with Crippen molar-refractivity contribution in [3.63, 3.8) is 0 Å². The third kappa shape index (κ3) is 2.80. The SMILES string of the molecule is CC1(C)CC2CC(C)(CN2C(=O)c2ccnc(N3CCCC3)c2)C1. The lowest BCUT2D eigenvalue weighted by Gasteiger charge is -2.39. The third-order valence-electron chi connectivity index (χ3n) is 6.10. The summed E-state index contributed by atoms with van der Waals surface area (Å²) in [6.45, 7) is 10.1. The first-order valence-corrected chi connectivity index (χ1v) is 9.37. The molecule has 1 saturated carbocycles. The van der Waals surface area contributed by atoms with Crippen LogP contribution in [0.2, 0.25) is 0 Å². The van der Waals surface area contributed by atoms with E-state index in [1.807, 2.05) is 12.1 Å². The van der Waals surface area contributed by atoms with E-state index in [2.05, 4.69) is 35.6 Å². The lowest BCUT2D eigenvalue weighted by Crippen LogP contribution is -2.37. The minimum atomic E-state index is 0.198. The summed E-state index contributed by atoms with van der Waals surface area (Å²) in [6, 6.07) is 4.29. The van der Waals surface area contributed by atoms with Crippen LogP contribution in [0, 0.1) is 10.8 Å². The summed E-state index contributed by atoms with van der Waals surface area (Å²) in [5.74, 6) is 1.16. The van der Waals surface area contributed by atoms with Crippen LogP contribution in [-0.2, 0) is 0 Å². The molecule has 1 aromatic rings. The lowest BCUT2D eigenvalue weighted by molar-refractivity contribution is 0.0708. The van der Waals surface area contributed by atoms with Crippen molar-refractivity contribution in [3.8, 4) is 0 Å². The lowest BCUT2D eigenvalue weighted by atomic mass is 9.65. The van der Waals surface area contributed by atoms with Crippen molar-refractivity contribution in [3.05, 3.63) is 23.9 Å². The Labute approximate surface area is 145 Å². The van der Waals surface area contributed by atoms with E-state index in [-0.39, 0.29) is 11.3 Å². The fraction of sp³-hybridized carbons (Fsp3) is 0.700. The van der Waals surface area contributed by atoms with E-state index >= 15 is 0 Å². The minimum absolute atomic E-state index is 0.198. The van der Waals surface area contributed by atoms with E-state index in [9.17, 15) is 4.79 Å². The summed E-state index contributed by atoms with van der Waals surface area (Å²) in [5, 5.41) is 0. The van der Waals surface area contributed by atoms with Crippen molar-refractivity contribution in [2.24, 2.45) is 10.8 Å². The molecule has 1 aromatic heterocycles. The second-order valence-electron chi connectivity index (χ2n) is 9.24. The van der Waals surface area contributed by atoms with Gasteiger partial charge in [-0.15, -0.1) is 0 Å². The van der Waals surface area contributed by atoms with Crippen LogP contribution in [-0.4, -0.2) is 41.5 Å². The molecular formula is C20H29N3O. The van der Waals surface area contributed by atoms with Crippen LogP contribution in [0.3, 0.4) is 0 Å². The molecule has 0 N–H and O–H groups in total. The van der Waals surface area contributed by atoms with Gasteiger partial charge < -0.3 is 9.80 Å². The summed E-state index contributed by atoms with van der Waals surface area (Å²) in [5.41, 5.74) is 1.43. The van der Waals surface area contributed by atoms with Crippen LogP contribution in [0.1, 0.15) is 63.2 Å². The zero-order valence-corrected chi connectivity index (χ0v) is 15.2. The Balaban J connectivity index is 1.57. The van der Waals surface area contributed by atoms with Gasteiger partial charge in [0.1, 0.15) is 5.82 Å². The molecule has 2 bridgehead atoms. The fourth-order valence-corrected chi connectivity index (χ4v) is 5.53. The van der Waals surface area contributed by atoms with Gasteiger partial charge in [0, 0.05) is 37.4 Å². The molecule has 4 rings (SSSR count). The maximum Gasteiger partial charge on any atom is 0.254 e. The van der Waals surface area contributed by atoms with Crippen LogP contribution in [0.5, 0.6) is 0 Å². The molecule has 0 radical (unpaired) electrons. The van der Waals surface area contributed by atoms with E-state index in [0.29, 0.717) is 11.5 Å². The van der Waals surface area contributed by atoms with E-state index in [1.54, 1.807) is 6.20 Å². The third-order valence-corrected chi connectivity index (χ3v) is 6.10. The Hall–Kier alpha value is -1.58. The number of anilines is 1. The number of rotatable bonds is 2. The molecule has 4 heteroatoms. The average Bonchev–Trinajstić information content (AvgIpc) is 3.12. The van der Waals surface area contributed by atoms with Crippen LogP contribution in [0.25, 0.3) is 0 Å². The van der Waals surface area contributed by atoms with Gasteiger partial charge in [0.2, 0.25) is 0 Å². The molecule has 0 spiro atoms. The van der Waals surface area contributed by atoms with Gasteiger partial charge in [-0.1, -0.05) is 20.8 Å². The Kier molecular flexibility index (Phi) is 3.63. The molecule has 3 heterocycles. The average molecular weight is 327 g/mol. The van der Waals surface area contributed by atoms with Gasteiger partial charge in [0.25, 0.3) is 5.91 Å². The molecule has 1 aliphatic carbocycles. The molecule has 24 heavy (non-hydrogen) atoms. The summed E-state index contributed by atoms with van der Waals surface area (Å²) < 4.78 is 0. The summed E-state index contributed by atoms with van der Waals surface area (Å²) in [7, 11) is 0. The largest absolute Gasteiger partial charge is 0.357 e. The molecule has 2 saturated heterocycles. The summed E-state index contributed by atoms with van der Waals surface area (Å²) in [6.07, 6.45) is 7.75. The van der Waals surface area contributed by atoms with E-state index < -0.39 is 0 Å². The normalized spacial score (nSPS) is 31.5. The number of pyridine rings is 1. The number of nitrogens with zero attached hydrogens (tertiary/aromatic N) is 3. The molecule has 1 amide bonds. The van der Waals surface area contributed by atoms with Gasteiger partial charge in [0.05, 0.1) is 0 Å². The van der Waals surface area contributed by atoms with Gasteiger partial charge in [-0.05, 0) is 55.1 Å². The van der Waals surface area contributed by atoms with Crippen molar-refractivity contribution < 1.29 is 4.79 Å². The highest BCUT2D eigenvalue weighted by Gasteiger charge is 2.51. The number of aromatic nitrogens is 1. The number of carbonyl (C=O) groups is 1. The molecule has 130 valence electrons. The highest BCUT2D eigenvalue weighted by atomic mass is 16.2. The Morgan fingerprint density at radius 2 is 1.96 bits per heavy atom. The predicted molar refractivity (Wildman–Crippen MR) is 96.2 cm³/mol. The fourth-order valence-electron chi connectivity index (χ4n) is 5.53. The van der Waals surface area contributed by atoms with Crippen molar-refractivity contribution in [2.45, 2.75) is 58.9 Å². The maximum atomic E-state index is 13.2. The second-order valence-corrected chi connectivity index (χ2v) is 9.24. The number of likely N-dealkylation sites (tertiary alicyclic amines) is 1. The smallest absolute Gasteiger partial charge is 0.254 e. The maximum absolute atomic E-state index is 13.2. The zero-order chi connectivity index (χ0) is 16.9. The quantitative estimate of drug-likeness (QED) is 0.830. The van der Waals surface area contributed by atoms with Crippen LogP contribution < -0.4 is 4.90 Å². The molecule has 3 aliphatic rings. The molecule has 2 unspecified atom stereocenters. The van der Waals surface area contributed by atoms with Crippen LogP contribution >= 0.6 is 0 Å². The van der Waals surface area contributed by atoms with Crippen molar-refractivity contribution in [2.75, 3.05) is 24.5 Å². The van der Waals surface area contributed by atoms with E-state index in [1.165, 1.54) is 19.3 Å². The second kappa shape index (κ2) is 5.47. The van der Waals surface area contributed by atoms with Gasteiger partial charge in [-0.2, -0.15) is 0 Å². The summed E-state index contributed by atoms with van der Waals surface area (Å²) in [4.78, 5) is 22.1. The highest BCUT2D eigenvalue weighted by molar-refractivity contribution is 5.95. The Bertz CT molecular complexity index is 650. The number of hydrogen-bond acceptors (Lipinski definition) is 3. The first-order chi connectivity index (χ1) is 11.4. The summed E-state index contributed by atoms with van der Waals surface area (Å²) >= 11 is 0. The van der Waals surface area contributed by atoms with Crippen molar-refractivity contribution in [1.82, 2.24) is 9.88 Å². The topological polar surface area (TPSA) is 36.4 Å². The highest BCUT2D eigenvalue weighted by Crippen LogP contribution is 2.52. The Morgan fingerprint density at radius 3 is 2.71 bits per heavy atom. The van der Waals surface area contributed by atoms with E-state index in [4.69, 9.17) is 0 Å². The molecule has 2 atom stereocenters. The predicted octanol–water partition coefficient (Wildman–Crippen LogP) is 3.72. The first kappa shape index (κ1) is 15.9. The number of hydrogen-bond donors (Lipinski definition) is 0. The molecule has 4 nitrogen and oxygen atoms in total. The molecule has 2 aliphatic heterocycles. The standard InChI is InChI=1S/C20H29N3O/c1-19(2)11-16-12-20(3,13-19)14-23(16)18(24)15-6-7-21-17(10-15)22-8-4-5-9-22/h6-7,10,16H,4-5,8-9,11-14H2,1-3H3. The minimum Gasteiger partial charge on any atom is -0.357 e. The number of carbonyl (C=O) groups excluding carboxylic acids is 1. The van der Waals surface area contributed by atoms with Crippen molar-refractivity contribution >= 4 is 11.7 Å². The van der Waals surface area contributed by atoms with E-state index in [0.717, 1.165) is 43.9 Å². The molecule has 0 aromatic carbocycles. The van der Waals surface area contributed by atoms with Crippen LogP contribution in [0.15, 0.2) is 18.3 Å². The van der Waals surface area contributed by atoms with Gasteiger partial charge in [-0.3, -0.25) is 4.79 Å². The van der Waals surface area contributed by atoms with Crippen molar-refractivity contribution in [1.29, 1.82) is 0 Å². The first-order valence-electron chi connectivity index (χ1n) is 9.37.